The van der Waals surface area contributed by atoms with Crippen molar-refractivity contribution < 1.29 is 39.7 Å². The van der Waals surface area contributed by atoms with Gasteiger partial charge < -0.3 is 17.0 Å². The van der Waals surface area contributed by atoms with Crippen molar-refractivity contribution in [3.8, 4) is 0 Å². The summed E-state index contributed by atoms with van der Waals surface area (Å²) >= 11 is 1.44. The van der Waals surface area contributed by atoms with Crippen LogP contribution in [0.25, 0.3) is 0 Å². The first kappa shape index (κ1) is 13.8. The van der Waals surface area contributed by atoms with E-state index in [-0.39, 0.29) is 22.8 Å². The molecule has 0 aliphatic heterocycles. The fraction of sp³-hybridized carbons (Fsp3) is 0.250. The average molecular weight is 270 g/mol. The Hall–Kier alpha value is 0.253. The predicted octanol–water partition coefficient (Wildman–Crippen LogP) is -0.199. The Morgan fingerprint density at radius 1 is 1.27 bits per heavy atom. The van der Waals surface area contributed by atoms with Crippen molar-refractivity contribution in [2.75, 3.05) is 0 Å². The molecular weight excluding hydrogens is 260 g/mol. The first-order chi connectivity index (χ1) is 4.81. The van der Waals surface area contributed by atoms with E-state index in [1.54, 1.807) is 18.2 Å². The zero-order chi connectivity index (χ0) is 7.82. The van der Waals surface area contributed by atoms with E-state index in [4.69, 9.17) is 0 Å². The van der Waals surface area contributed by atoms with Gasteiger partial charge in [-0.3, -0.25) is 0 Å². The van der Waals surface area contributed by atoms with Gasteiger partial charge in [0.15, 0.2) is 0 Å². The number of benzene rings is 1. The second kappa shape index (κ2) is 10.3. The van der Waals surface area contributed by atoms with E-state index in [1.165, 1.54) is 35.5 Å². The monoisotopic (exact) mass is 268 g/mol. The molecule has 0 nitrogen and oxygen atoms in total. The molecule has 0 unspecified atom stereocenters. The maximum Gasteiger partial charge on any atom is 0.123 e. The predicted molar refractivity (Wildman–Crippen MR) is 36.9 cm³/mol. The summed E-state index contributed by atoms with van der Waals surface area (Å²) in [4.78, 5) is 0. The molecule has 0 atom stereocenters. The van der Waals surface area contributed by atoms with Crippen LogP contribution >= 0.6 is 0 Å². The Balaban J connectivity index is 0. The van der Waals surface area contributed by atoms with Gasteiger partial charge in [-0.05, 0) is 12.1 Å². The third-order valence-electron chi connectivity index (χ3n) is 0.733. The Morgan fingerprint density at radius 2 is 1.64 bits per heavy atom. The normalized spacial score (nSPS) is 7.27. The minimum atomic E-state index is -0.178. The smallest absolute Gasteiger partial charge is 0.123 e. The quantitative estimate of drug-likeness (QED) is 0.573. The molecule has 1 aromatic rings. The molecule has 0 aromatic heterocycles. The molecule has 0 aliphatic carbocycles. The van der Waals surface area contributed by atoms with E-state index >= 15 is 0 Å². The van der Waals surface area contributed by atoms with E-state index < -0.39 is 0 Å². The Labute approximate surface area is 87.6 Å². The van der Waals surface area contributed by atoms with Crippen LogP contribution in [0, 0.1) is 5.82 Å². The van der Waals surface area contributed by atoms with Crippen molar-refractivity contribution in [3.63, 3.8) is 0 Å². The maximum absolute atomic E-state index is 11.9. The number of halogens is 2. The Bertz CT molecular complexity index is 155. The number of hydrogen-bond donors (Lipinski definition) is 0. The molecule has 58 valence electrons. The minimum Gasteiger partial charge on any atom is -1.00 e. The average Bonchev–Trinajstić information content (AvgIpc) is 1.91. The van der Waals surface area contributed by atoms with Crippen LogP contribution in [-0.4, -0.2) is 0 Å². The van der Waals surface area contributed by atoms with Crippen LogP contribution in [0.2, 0.25) is 5.02 Å². The standard InChI is InChI=1S/C6H5F.C2H5.BrH.Zn/c7-6-4-2-1-3-5-6;1-2;;/h1-5H;1H2,2H3;1H;/q;;;+1/p-1. The van der Waals surface area contributed by atoms with Crippen molar-refractivity contribution in [2.24, 2.45) is 0 Å². The zero-order valence-electron chi connectivity index (χ0n) is 6.56. The SMILES string of the molecule is C[CH2][Zn+].Fc1ccccc1.[Br-]. The van der Waals surface area contributed by atoms with Gasteiger partial charge in [-0.2, -0.15) is 0 Å². The minimum absolute atomic E-state index is 0. The molecule has 0 heterocycles. The van der Waals surface area contributed by atoms with Gasteiger partial charge in [0.2, 0.25) is 0 Å². The van der Waals surface area contributed by atoms with Crippen LogP contribution < -0.4 is 17.0 Å². The molecule has 1 aromatic carbocycles. The Morgan fingerprint density at radius 3 is 1.82 bits per heavy atom. The van der Waals surface area contributed by atoms with Gasteiger partial charge in [0.1, 0.15) is 5.82 Å². The van der Waals surface area contributed by atoms with Gasteiger partial charge in [0.25, 0.3) is 0 Å². The molecule has 0 aliphatic rings. The van der Waals surface area contributed by atoms with Gasteiger partial charge in [-0.15, -0.1) is 0 Å². The van der Waals surface area contributed by atoms with Gasteiger partial charge in [-0.25, -0.2) is 4.39 Å². The molecule has 0 spiro atoms. The largest absolute Gasteiger partial charge is 1.00 e. The van der Waals surface area contributed by atoms with E-state index in [1.807, 2.05) is 0 Å². The van der Waals surface area contributed by atoms with Gasteiger partial charge in [0.05, 0.1) is 0 Å². The van der Waals surface area contributed by atoms with E-state index in [0.717, 1.165) is 0 Å². The molecule has 1 rings (SSSR count). The van der Waals surface area contributed by atoms with E-state index in [9.17, 15) is 4.39 Å². The molecular formula is C8H10BrFZn. The summed E-state index contributed by atoms with van der Waals surface area (Å²) in [6, 6.07) is 7.94. The van der Waals surface area contributed by atoms with Crippen LogP contribution in [0.3, 0.4) is 0 Å². The first-order valence-corrected chi connectivity index (χ1v) is 5.40. The number of rotatable bonds is 0. The van der Waals surface area contributed by atoms with Crippen molar-refractivity contribution >= 4 is 0 Å². The van der Waals surface area contributed by atoms with Crippen molar-refractivity contribution in [1.82, 2.24) is 0 Å². The molecule has 0 N–H and O–H groups in total. The van der Waals surface area contributed by atoms with Crippen LogP contribution in [-0.2, 0) is 18.3 Å². The zero-order valence-corrected chi connectivity index (χ0v) is 11.1. The molecule has 0 amide bonds. The summed E-state index contributed by atoms with van der Waals surface area (Å²) < 4.78 is 11.9. The molecule has 0 saturated heterocycles. The van der Waals surface area contributed by atoms with Crippen molar-refractivity contribution in [3.05, 3.63) is 36.1 Å². The number of hydrogen-bond acceptors (Lipinski definition) is 0. The van der Waals surface area contributed by atoms with Crippen LogP contribution in [0.1, 0.15) is 6.92 Å². The molecule has 3 heteroatoms. The summed E-state index contributed by atoms with van der Waals surface area (Å²) in [5.41, 5.74) is 0. The Kier molecular flexibility index (Phi) is 12.9. The molecule has 11 heavy (non-hydrogen) atoms. The van der Waals surface area contributed by atoms with E-state index in [0.29, 0.717) is 0 Å². The van der Waals surface area contributed by atoms with Crippen molar-refractivity contribution in [2.45, 2.75) is 11.9 Å². The topological polar surface area (TPSA) is 0 Å². The summed E-state index contributed by atoms with van der Waals surface area (Å²) in [6.07, 6.45) is 0. The molecule has 0 fully saturated rings. The van der Waals surface area contributed by atoms with Gasteiger partial charge >= 0.3 is 30.2 Å². The fourth-order valence-corrected chi connectivity index (χ4v) is 0.415. The van der Waals surface area contributed by atoms with Crippen LogP contribution in [0.15, 0.2) is 30.3 Å². The second-order valence-electron chi connectivity index (χ2n) is 1.80. The second-order valence-corrected chi connectivity index (χ2v) is 3.89. The maximum atomic E-state index is 11.9. The van der Waals surface area contributed by atoms with Crippen LogP contribution in [0.5, 0.6) is 0 Å². The summed E-state index contributed by atoms with van der Waals surface area (Å²) in [7, 11) is 0. The summed E-state index contributed by atoms with van der Waals surface area (Å²) in [6.45, 7) is 2.18. The van der Waals surface area contributed by atoms with Gasteiger partial charge in [0, 0.05) is 0 Å². The van der Waals surface area contributed by atoms with Crippen molar-refractivity contribution in [1.29, 1.82) is 0 Å². The fourth-order valence-electron chi connectivity index (χ4n) is 0.415. The molecule has 0 saturated carbocycles. The molecule has 0 radical (unpaired) electrons. The van der Waals surface area contributed by atoms with E-state index in [2.05, 4.69) is 6.92 Å². The third-order valence-corrected chi connectivity index (χ3v) is 0.733. The summed E-state index contributed by atoms with van der Waals surface area (Å²) in [5, 5.41) is 1.38. The van der Waals surface area contributed by atoms with Gasteiger partial charge in [-0.1, -0.05) is 18.2 Å². The first-order valence-electron chi connectivity index (χ1n) is 3.31. The molecule has 0 bridgehead atoms. The third kappa shape index (κ3) is 10.3. The van der Waals surface area contributed by atoms with Crippen LogP contribution in [0.4, 0.5) is 4.39 Å². The summed E-state index contributed by atoms with van der Waals surface area (Å²) in [5.74, 6) is -0.178.